The van der Waals surface area contributed by atoms with Gasteiger partial charge in [-0.2, -0.15) is 18.3 Å². The highest BCUT2D eigenvalue weighted by Crippen LogP contribution is 2.37. The fourth-order valence-corrected chi connectivity index (χ4v) is 2.84. The SMILES string of the molecule is Cc1nc([C@H]2CN(c3ncc(C(F)(F)F)s3)CCO2)n[nH]1. The molecule has 21 heavy (non-hydrogen) atoms. The number of hydrogen-bond acceptors (Lipinski definition) is 6. The average Bonchev–Trinajstić information content (AvgIpc) is 3.07. The van der Waals surface area contributed by atoms with Crippen LogP contribution in [-0.2, 0) is 10.9 Å². The van der Waals surface area contributed by atoms with Crippen molar-refractivity contribution in [3.05, 3.63) is 22.7 Å². The van der Waals surface area contributed by atoms with Crippen LogP contribution in [0.3, 0.4) is 0 Å². The summed E-state index contributed by atoms with van der Waals surface area (Å²) in [6.07, 6.45) is -3.87. The second-order valence-corrected chi connectivity index (χ2v) is 5.60. The number of thiazole rings is 1. The molecule has 0 saturated carbocycles. The van der Waals surface area contributed by atoms with Crippen LogP contribution in [0, 0.1) is 6.92 Å². The molecular formula is C11H12F3N5OS. The van der Waals surface area contributed by atoms with E-state index in [4.69, 9.17) is 4.74 Å². The molecule has 1 saturated heterocycles. The average molecular weight is 319 g/mol. The van der Waals surface area contributed by atoms with Crippen molar-refractivity contribution in [2.24, 2.45) is 0 Å². The van der Waals surface area contributed by atoms with E-state index in [1.54, 1.807) is 11.8 Å². The molecule has 3 heterocycles. The maximum atomic E-state index is 12.6. The zero-order valence-electron chi connectivity index (χ0n) is 11.0. The number of alkyl halides is 3. The van der Waals surface area contributed by atoms with E-state index in [0.29, 0.717) is 47.8 Å². The molecule has 1 N–H and O–H groups in total. The molecule has 0 aromatic carbocycles. The third-order valence-electron chi connectivity index (χ3n) is 3.01. The first-order valence-corrected chi connectivity index (χ1v) is 7.03. The van der Waals surface area contributed by atoms with E-state index in [1.165, 1.54) is 0 Å². The fourth-order valence-electron chi connectivity index (χ4n) is 2.03. The second kappa shape index (κ2) is 5.26. The summed E-state index contributed by atoms with van der Waals surface area (Å²) in [5, 5.41) is 7.09. The molecular weight excluding hydrogens is 307 g/mol. The Kier molecular flexibility index (Phi) is 3.57. The van der Waals surface area contributed by atoms with E-state index in [1.807, 2.05) is 0 Å². The first-order chi connectivity index (χ1) is 9.93. The molecule has 0 amide bonds. The Morgan fingerprint density at radius 1 is 1.48 bits per heavy atom. The van der Waals surface area contributed by atoms with Gasteiger partial charge in [-0.05, 0) is 6.92 Å². The maximum absolute atomic E-state index is 12.6. The van der Waals surface area contributed by atoms with Gasteiger partial charge in [-0.1, -0.05) is 11.3 Å². The third kappa shape index (κ3) is 3.00. The van der Waals surface area contributed by atoms with Crippen LogP contribution in [0.2, 0.25) is 0 Å². The lowest BCUT2D eigenvalue weighted by Crippen LogP contribution is -2.38. The van der Waals surface area contributed by atoms with E-state index in [2.05, 4.69) is 20.2 Å². The molecule has 0 bridgehead atoms. The van der Waals surface area contributed by atoms with E-state index in [0.717, 1.165) is 6.20 Å². The Bertz CT molecular complexity index is 625. The first-order valence-electron chi connectivity index (χ1n) is 6.22. The van der Waals surface area contributed by atoms with Crippen molar-refractivity contribution in [3.63, 3.8) is 0 Å². The van der Waals surface area contributed by atoms with Crippen molar-refractivity contribution < 1.29 is 17.9 Å². The summed E-state index contributed by atoms with van der Waals surface area (Å²) in [4.78, 5) is 9.12. The van der Waals surface area contributed by atoms with Crippen LogP contribution in [-0.4, -0.2) is 39.9 Å². The number of halogens is 3. The second-order valence-electron chi connectivity index (χ2n) is 4.59. The summed E-state index contributed by atoms with van der Waals surface area (Å²) < 4.78 is 43.4. The molecule has 1 atom stereocenters. The van der Waals surface area contributed by atoms with Gasteiger partial charge >= 0.3 is 6.18 Å². The molecule has 0 aliphatic carbocycles. The Balaban J connectivity index is 1.75. The van der Waals surface area contributed by atoms with Gasteiger partial charge in [0.2, 0.25) is 0 Å². The maximum Gasteiger partial charge on any atom is 0.427 e. The zero-order chi connectivity index (χ0) is 15.0. The molecule has 10 heteroatoms. The number of hydrogen-bond donors (Lipinski definition) is 1. The number of aromatic nitrogens is 4. The first kappa shape index (κ1) is 14.3. The Hall–Kier alpha value is -1.68. The highest BCUT2D eigenvalue weighted by molar-refractivity contribution is 7.15. The van der Waals surface area contributed by atoms with Gasteiger partial charge in [0.05, 0.1) is 19.3 Å². The predicted octanol–water partition coefficient (Wildman–Crippen LogP) is 2.17. The minimum atomic E-state index is -4.36. The lowest BCUT2D eigenvalue weighted by molar-refractivity contribution is -0.134. The van der Waals surface area contributed by atoms with Crippen molar-refractivity contribution in [2.45, 2.75) is 19.2 Å². The highest BCUT2D eigenvalue weighted by Gasteiger charge is 2.35. The molecule has 2 aromatic heterocycles. The molecule has 1 fully saturated rings. The largest absolute Gasteiger partial charge is 0.427 e. The normalized spacial score (nSPS) is 20.0. The molecule has 0 radical (unpaired) electrons. The van der Waals surface area contributed by atoms with Crippen LogP contribution < -0.4 is 4.90 Å². The molecule has 6 nitrogen and oxygen atoms in total. The van der Waals surface area contributed by atoms with Gasteiger partial charge in [0.25, 0.3) is 0 Å². The number of rotatable bonds is 2. The lowest BCUT2D eigenvalue weighted by Gasteiger charge is -2.31. The number of ether oxygens (including phenoxy) is 1. The number of aryl methyl sites for hydroxylation is 1. The number of nitrogens with zero attached hydrogens (tertiary/aromatic N) is 4. The number of H-pyrrole nitrogens is 1. The third-order valence-corrected chi connectivity index (χ3v) is 4.12. The Labute approximate surface area is 122 Å². The van der Waals surface area contributed by atoms with E-state index >= 15 is 0 Å². The van der Waals surface area contributed by atoms with E-state index in [-0.39, 0.29) is 6.10 Å². The Morgan fingerprint density at radius 2 is 2.29 bits per heavy atom. The summed E-state index contributed by atoms with van der Waals surface area (Å²) >= 11 is 0.634. The summed E-state index contributed by atoms with van der Waals surface area (Å²) in [5.41, 5.74) is 0. The molecule has 3 rings (SSSR count). The molecule has 0 unspecified atom stereocenters. The van der Waals surface area contributed by atoms with Gasteiger partial charge in [0.15, 0.2) is 11.0 Å². The zero-order valence-corrected chi connectivity index (χ0v) is 11.8. The number of nitrogens with one attached hydrogen (secondary N) is 1. The molecule has 1 aliphatic heterocycles. The van der Waals surface area contributed by atoms with E-state index < -0.39 is 11.1 Å². The number of aromatic amines is 1. The summed E-state index contributed by atoms with van der Waals surface area (Å²) in [6.45, 7) is 3.03. The smallest absolute Gasteiger partial charge is 0.366 e. The monoisotopic (exact) mass is 319 g/mol. The predicted molar refractivity (Wildman–Crippen MR) is 69.1 cm³/mol. The van der Waals surface area contributed by atoms with Crippen molar-refractivity contribution in [2.75, 3.05) is 24.6 Å². The summed E-state index contributed by atoms with van der Waals surface area (Å²) in [7, 11) is 0. The van der Waals surface area contributed by atoms with Gasteiger partial charge in [0.1, 0.15) is 16.8 Å². The minimum Gasteiger partial charge on any atom is -0.366 e. The van der Waals surface area contributed by atoms with Gasteiger partial charge in [-0.3, -0.25) is 5.10 Å². The number of morpholine rings is 1. The summed E-state index contributed by atoms with van der Waals surface area (Å²) in [5.74, 6) is 1.17. The molecule has 0 spiro atoms. The van der Waals surface area contributed by atoms with Gasteiger partial charge in [-0.15, -0.1) is 0 Å². The molecule has 1 aliphatic rings. The molecule has 2 aromatic rings. The van der Waals surface area contributed by atoms with Crippen molar-refractivity contribution in [1.29, 1.82) is 0 Å². The van der Waals surface area contributed by atoms with Crippen LogP contribution in [0.1, 0.15) is 22.6 Å². The molecule has 114 valence electrons. The quantitative estimate of drug-likeness (QED) is 0.919. The fraction of sp³-hybridized carbons (Fsp3) is 0.545. The Morgan fingerprint density at radius 3 is 2.90 bits per heavy atom. The van der Waals surface area contributed by atoms with Gasteiger partial charge in [-0.25, -0.2) is 9.97 Å². The highest BCUT2D eigenvalue weighted by atomic mass is 32.1. The van der Waals surface area contributed by atoms with Gasteiger partial charge < -0.3 is 9.64 Å². The van der Waals surface area contributed by atoms with E-state index in [9.17, 15) is 13.2 Å². The van der Waals surface area contributed by atoms with Crippen LogP contribution >= 0.6 is 11.3 Å². The number of anilines is 1. The summed E-state index contributed by atoms with van der Waals surface area (Å²) in [6, 6.07) is 0. The van der Waals surface area contributed by atoms with Crippen molar-refractivity contribution in [3.8, 4) is 0 Å². The standard InChI is InChI=1S/C11H12F3N5OS/c1-6-16-9(18-17-6)7-5-19(2-3-20-7)10-15-4-8(21-10)11(12,13)14/h4,7H,2-3,5H2,1H3,(H,16,17,18)/t7-/m1/s1. The van der Waals surface area contributed by atoms with Crippen LogP contribution in [0.25, 0.3) is 0 Å². The minimum absolute atomic E-state index is 0.336. The van der Waals surface area contributed by atoms with Crippen LogP contribution in [0.15, 0.2) is 6.20 Å². The van der Waals surface area contributed by atoms with Crippen LogP contribution in [0.5, 0.6) is 0 Å². The topological polar surface area (TPSA) is 66.9 Å². The van der Waals surface area contributed by atoms with Gasteiger partial charge in [0, 0.05) is 6.54 Å². The lowest BCUT2D eigenvalue weighted by atomic mass is 10.2. The van der Waals surface area contributed by atoms with Crippen molar-refractivity contribution in [1.82, 2.24) is 20.2 Å². The van der Waals surface area contributed by atoms with Crippen LogP contribution in [0.4, 0.5) is 18.3 Å². The van der Waals surface area contributed by atoms with Crippen molar-refractivity contribution >= 4 is 16.5 Å².